The lowest BCUT2D eigenvalue weighted by molar-refractivity contribution is 0.0697. The maximum absolute atomic E-state index is 12.2. The smallest absolute Gasteiger partial charge is 0.335 e. The Morgan fingerprint density at radius 1 is 1.13 bits per heavy atom. The van der Waals surface area contributed by atoms with Crippen LogP contribution >= 0.6 is 0 Å². The molecule has 0 aliphatic rings. The van der Waals surface area contributed by atoms with Gasteiger partial charge in [0.05, 0.1) is 28.4 Å². The summed E-state index contributed by atoms with van der Waals surface area (Å²) in [6.45, 7) is 0. The first-order valence-corrected chi connectivity index (χ1v) is 6.78. The van der Waals surface area contributed by atoms with Crippen molar-refractivity contribution in [2.75, 3.05) is 5.43 Å². The molecule has 1 heterocycles. The number of anilines is 1. The van der Waals surface area contributed by atoms with E-state index in [0.717, 1.165) is 0 Å². The van der Waals surface area contributed by atoms with Crippen molar-refractivity contribution in [1.82, 2.24) is 0 Å². The third-order valence-electron chi connectivity index (χ3n) is 3.24. The number of hydrogen-bond acceptors (Lipinski definition) is 5. The monoisotopic (exact) mass is 308 g/mol. The van der Waals surface area contributed by atoms with Crippen molar-refractivity contribution in [3.63, 3.8) is 0 Å². The number of benzene rings is 2. The molecular weight excluding hydrogens is 296 g/mol. The number of nitrogens with one attached hydrogen (secondary N) is 1. The van der Waals surface area contributed by atoms with Crippen LogP contribution in [0.2, 0.25) is 0 Å². The summed E-state index contributed by atoms with van der Waals surface area (Å²) in [6, 6.07) is 13.1. The molecule has 6 heteroatoms. The summed E-state index contributed by atoms with van der Waals surface area (Å²) in [5.74, 6) is -0.992. The molecule has 114 valence electrons. The minimum atomic E-state index is -0.992. The number of fused-ring (bicyclic) bond motifs is 1. The molecule has 0 radical (unpaired) electrons. The second-order valence-corrected chi connectivity index (χ2v) is 4.77. The van der Waals surface area contributed by atoms with Crippen molar-refractivity contribution in [2.45, 2.75) is 0 Å². The number of hydrogen-bond donors (Lipinski definition) is 2. The van der Waals surface area contributed by atoms with E-state index in [9.17, 15) is 9.59 Å². The highest BCUT2D eigenvalue weighted by Gasteiger charge is 2.04. The lowest BCUT2D eigenvalue weighted by Gasteiger charge is -2.01. The van der Waals surface area contributed by atoms with E-state index >= 15 is 0 Å². The van der Waals surface area contributed by atoms with E-state index in [1.165, 1.54) is 24.6 Å². The molecule has 6 nitrogen and oxygen atoms in total. The molecule has 23 heavy (non-hydrogen) atoms. The van der Waals surface area contributed by atoms with Gasteiger partial charge in [0, 0.05) is 0 Å². The zero-order valence-electron chi connectivity index (χ0n) is 11.9. The van der Waals surface area contributed by atoms with E-state index in [1.54, 1.807) is 36.4 Å². The molecule has 0 atom stereocenters. The Morgan fingerprint density at radius 2 is 1.87 bits per heavy atom. The molecule has 3 rings (SSSR count). The van der Waals surface area contributed by atoms with E-state index in [1.807, 2.05) is 0 Å². The van der Waals surface area contributed by atoms with Crippen LogP contribution in [0, 0.1) is 0 Å². The lowest BCUT2D eigenvalue weighted by atomic mass is 10.2. The van der Waals surface area contributed by atoms with E-state index in [4.69, 9.17) is 9.52 Å². The van der Waals surface area contributed by atoms with Crippen LogP contribution in [-0.4, -0.2) is 17.3 Å². The number of carboxylic acids is 1. The van der Waals surface area contributed by atoms with Gasteiger partial charge in [-0.3, -0.25) is 10.2 Å². The summed E-state index contributed by atoms with van der Waals surface area (Å²) in [4.78, 5) is 23.0. The third-order valence-corrected chi connectivity index (χ3v) is 3.24. The molecule has 0 bridgehead atoms. The van der Waals surface area contributed by atoms with Crippen molar-refractivity contribution < 1.29 is 14.3 Å². The largest absolute Gasteiger partial charge is 0.478 e. The van der Waals surface area contributed by atoms with Gasteiger partial charge in [0.1, 0.15) is 11.8 Å². The Bertz CT molecular complexity index is 943. The summed E-state index contributed by atoms with van der Waals surface area (Å²) in [5, 5.41) is 13.3. The topological polar surface area (TPSA) is 91.9 Å². The summed E-state index contributed by atoms with van der Waals surface area (Å²) in [6.07, 6.45) is 2.72. The highest BCUT2D eigenvalue weighted by atomic mass is 16.4. The molecule has 0 amide bonds. The van der Waals surface area contributed by atoms with Gasteiger partial charge in [0.25, 0.3) is 0 Å². The van der Waals surface area contributed by atoms with Gasteiger partial charge in [-0.05, 0) is 36.4 Å². The van der Waals surface area contributed by atoms with Crippen LogP contribution in [0.4, 0.5) is 5.69 Å². The summed E-state index contributed by atoms with van der Waals surface area (Å²) >= 11 is 0. The Balaban J connectivity index is 1.79. The van der Waals surface area contributed by atoms with Crippen LogP contribution in [0.3, 0.4) is 0 Å². The van der Waals surface area contributed by atoms with Crippen molar-refractivity contribution in [1.29, 1.82) is 0 Å². The lowest BCUT2D eigenvalue weighted by Crippen LogP contribution is -2.08. The number of aromatic carboxylic acids is 1. The number of para-hydroxylation sites is 1. The molecule has 3 aromatic rings. The van der Waals surface area contributed by atoms with Gasteiger partial charge in [0.15, 0.2) is 0 Å². The number of carboxylic acid groups (broad SMARTS) is 1. The van der Waals surface area contributed by atoms with Gasteiger partial charge in [-0.2, -0.15) is 5.10 Å². The molecule has 2 N–H and O–H groups in total. The van der Waals surface area contributed by atoms with E-state index in [2.05, 4.69) is 10.5 Å². The SMILES string of the molecule is O=C(O)c1ccc(N/N=C/c2coc3ccccc3c2=O)cc1. The number of rotatable bonds is 4. The molecule has 2 aromatic carbocycles. The Labute approximate surface area is 130 Å². The highest BCUT2D eigenvalue weighted by molar-refractivity contribution is 5.88. The van der Waals surface area contributed by atoms with Crippen LogP contribution in [0.5, 0.6) is 0 Å². The Morgan fingerprint density at radius 3 is 2.61 bits per heavy atom. The third kappa shape index (κ3) is 3.11. The minimum absolute atomic E-state index is 0.168. The molecule has 0 spiro atoms. The molecule has 0 unspecified atom stereocenters. The predicted octanol–water partition coefficient (Wildman–Crippen LogP) is 2.94. The summed E-state index contributed by atoms with van der Waals surface area (Å²) in [5.41, 5.74) is 4.20. The van der Waals surface area contributed by atoms with Crippen molar-refractivity contribution >= 4 is 28.8 Å². The summed E-state index contributed by atoms with van der Waals surface area (Å²) in [7, 11) is 0. The fourth-order valence-electron chi connectivity index (χ4n) is 2.05. The number of hydrazone groups is 1. The van der Waals surface area contributed by atoms with Gasteiger partial charge in [0.2, 0.25) is 5.43 Å². The van der Waals surface area contributed by atoms with Gasteiger partial charge < -0.3 is 9.52 Å². The molecular formula is C17H12N2O4. The molecule has 0 saturated carbocycles. The first kappa shape index (κ1) is 14.5. The average Bonchev–Trinajstić information content (AvgIpc) is 2.57. The van der Waals surface area contributed by atoms with E-state index in [0.29, 0.717) is 22.2 Å². The Hall–Kier alpha value is -3.41. The molecule has 0 aliphatic carbocycles. The molecule has 0 fully saturated rings. The van der Waals surface area contributed by atoms with Gasteiger partial charge in [-0.25, -0.2) is 4.79 Å². The van der Waals surface area contributed by atoms with Crippen LogP contribution in [-0.2, 0) is 0 Å². The second-order valence-electron chi connectivity index (χ2n) is 4.77. The van der Waals surface area contributed by atoms with Gasteiger partial charge >= 0.3 is 5.97 Å². The fourth-order valence-corrected chi connectivity index (χ4v) is 2.05. The minimum Gasteiger partial charge on any atom is -0.478 e. The fraction of sp³-hybridized carbons (Fsp3) is 0. The number of nitrogens with zero attached hydrogens (tertiary/aromatic N) is 1. The molecule has 0 aliphatic heterocycles. The zero-order valence-corrected chi connectivity index (χ0v) is 11.9. The van der Waals surface area contributed by atoms with Crippen molar-refractivity contribution in [3.05, 3.63) is 76.1 Å². The van der Waals surface area contributed by atoms with Crippen LogP contribution in [0.25, 0.3) is 11.0 Å². The van der Waals surface area contributed by atoms with Crippen molar-refractivity contribution in [3.8, 4) is 0 Å². The molecule has 0 saturated heterocycles. The van der Waals surface area contributed by atoms with Gasteiger partial charge in [-0.15, -0.1) is 0 Å². The van der Waals surface area contributed by atoms with E-state index < -0.39 is 5.97 Å². The maximum atomic E-state index is 12.2. The first-order valence-electron chi connectivity index (χ1n) is 6.78. The summed E-state index contributed by atoms with van der Waals surface area (Å²) < 4.78 is 5.38. The second kappa shape index (κ2) is 6.15. The Kier molecular flexibility index (Phi) is 3.88. The normalized spacial score (nSPS) is 11.0. The van der Waals surface area contributed by atoms with Gasteiger partial charge in [-0.1, -0.05) is 12.1 Å². The quantitative estimate of drug-likeness (QED) is 0.571. The first-order chi connectivity index (χ1) is 11.1. The maximum Gasteiger partial charge on any atom is 0.335 e. The standard InChI is InChI=1S/C17H12N2O4/c20-16-12(10-23-15-4-2-1-3-14(15)16)9-18-19-13-7-5-11(6-8-13)17(21)22/h1-10,19H,(H,21,22)/b18-9+. The highest BCUT2D eigenvalue weighted by Crippen LogP contribution is 2.11. The number of carbonyl (C=O) groups is 1. The van der Waals surface area contributed by atoms with Crippen LogP contribution in [0.1, 0.15) is 15.9 Å². The molecule has 1 aromatic heterocycles. The zero-order chi connectivity index (χ0) is 16.2. The van der Waals surface area contributed by atoms with Crippen LogP contribution in [0.15, 0.2) is 69.1 Å². The van der Waals surface area contributed by atoms with Crippen molar-refractivity contribution in [2.24, 2.45) is 5.10 Å². The van der Waals surface area contributed by atoms with E-state index in [-0.39, 0.29) is 11.0 Å². The average molecular weight is 308 g/mol. The van der Waals surface area contributed by atoms with Crippen LogP contribution < -0.4 is 10.9 Å². The predicted molar refractivity (Wildman–Crippen MR) is 87.1 cm³/mol.